The highest BCUT2D eigenvalue weighted by Gasteiger charge is 2.24. The predicted molar refractivity (Wildman–Crippen MR) is 128 cm³/mol. The van der Waals surface area contributed by atoms with Gasteiger partial charge in [-0.3, -0.25) is 14.7 Å². The number of likely N-dealkylation sites (tertiary alicyclic amines) is 1. The number of guanidine groups is 1. The molecule has 3 rings (SSSR count). The van der Waals surface area contributed by atoms with E-state index in [0.29, 0.717) is 17.7 Å². The van der Waals surface area contributed by atoms with Crippen LogP contribution in [0.1, 0.15) is 23.8 Å². The molecule has 1 aromatic heterocycles. The van der Waals surface area contributed by atoms with Gasteiger partial charge in [-0.25, -0.2) is 4.39 Å². The van der Waals surface area contributed by atoms with Crippen LogP contribution < -0.4 is 16.0 Å². The van der Waals surface area contributed by atoms with E-state index >= 15 is 0 Å². The lowest BCUT2D eigenvalue weighted by Gasteiger charge is -2.27. The van der Waals surface area contributed by atoms with Crippen molar-refractivity contribution in [1.29, 1.82) is 0 Å². The lowest BCUT2D eigenvalue weighted by molar-refractivity contribution is -0.115. The summed E-state index contributed by atoms with van der Waals surface area (Å²) in [5.41, 5.74) is 0.558. The Morgan fingerprint density at radius 3 is 2.55 bits per heavy atom. The predicted octanol–water partition coefficient (Wildman–Crippen LogP) is 3.45. The summed E-state index contributed by atoms with van der Waals surface area (Å²) >= 11 is 1.76. The van der Waals surface area contributed by atoms with Gasteiger partial charge in [0.05, 0.1) is 12.6 Å². The molecule has 158 valence electrons. The summed E-state index contributed by atoms with van der Waals surface area (Å²) in [4.78, 5) is 20.1. The third-order valence-electron chi connectivity index (χ3n) is 4.68. The van der Waals surface area contributed by atoms with E-state index in [1.807, 2.05) is 0 Å². The van der Waals surface area contributed by atoms with Crippen molar-refractivity contribution in [1.82, 2.24) is 15.5 Å². The van der Waals surface area contributed by atoms with Crippen molar-refractivity contribution >= 4 is 52.9 Å². The quantitative estimate of drug-likeness (QED) is 0.291. The molecule has 1 aromatic carbocycles. The van der Waals surface area contributed by atoms with E-state index in [9.17, 15) is 9.18 Å². The van der Waals surface area contributed by atoms with Crippen molar-refractivity contribution in [3.05, 3.63) is 52.5 Å². The first kappa shape index (κ1) is 23.6. The van der Waals surface area contributed by atoms with Crippen LogP contribution in [0, 0.1) is 5.82 Å². The molecule has 2 heterocycles. The first-order valence-corrected chi connectivity index (χ1v) is 10.3. The third kappa shape index (κ3) is 7.23. The molecule has 1 saturated heterocycles. The average Bonchev–Trinajstić information content (AvgIpc) is 3.41. The standard InChI is InChI=1S/C20H26FN5OS.HI/c1-22-20(24-14-19(27)25-16-8-6-15(21)7-9-16)23-13-17(18-5-4-12-28-18)26-10-2-3-11-26;/h4-9,12,17H,2-3,10-11,13-14H2,1H3,(H,25,27)(H2,22,23,24);1H. The van der Waals surface area contributed by atoms with E-state index in [1.54, 1.807) is 18.4 Å². The van der Waals surface area contributed by atoms with Crippen LogP contribution >= 0.6 is 35.3 Å². The Morgan fingerprint density at radius 1 is 1.21 bits per heavy atom. The van der Waals surface area contributed by atoms with Crippen LogP contribution in [0.5, 0.6) is 0 Å². The second-order valence-electron chi connectivity index (χ2n) is 6.64. The lowest BCUT2D eigenvalue weighted by atomic mass is 10.2. The molecular formula is C20H27FIN5OS. The lowest BCUT2D eigenvalue weighted by Crippen LogP contribution is -2.44. The van der Waals surface area contributed by atoms with Crippen molar-refractivity contribution in [3.63, 3.8) is 0 Å². The second kappa shape index (κ2) is 12.1. The van der Waals surface area contributed by atoms with E-state index in [2.05, 4.69) is 43.4 Å². The van der Waals surface area contributed by atoms with Gasteiger partial charge in [0.1, 0.15) is 5.82 Å². The number of nitrogens with zero attached hydrogens (tertiary/aromatic N) is 2. The van der Waals surface area contributed by atoms with Gasteiger partial charge in [-0.15, -0.1) is 35.3 Å². The molecule has 1 fully saturated rings. The highest BCUT2D eigenvalue weighted by atomic mass is 127. The number of thiophene rings is 1. The zero-order valence-corrected chi connectivity index (χ0v) is 19.5. The number of anilines is 1. The minimum Gasteiger partial charge on any atom is -0.354 e. The van der Waals surface area contributed by atoms with Crippen molar-refractivity contribution in [2.24, 2.45) is 4.99 Å². The Kier molecular flexibility index (Phi) is 9.82. The Bertz CT molecular complexity index is 779. The molecule has 0 bridgehead atoms. The number of aliphatic imine (C=N–C) groups is 1. The van der Waals surface area contributed by atoms with Gasteiger partial charge in [0.25, 0.3) is 0 Å². The minimum absolute atomic E-state index is 0. The molecule has 1 unspecified atom stereocenters. The van der Waals surface area contributed by atoms with Gasteiger partial charge >= 0.3 is 0 Å². The summed E-state index contributed by atoms with van der Waals surface area (Å²) in [6.45, 7) is 3.01. The topological polar surface area (TPSA) is 68.8 Å². The van der Waals surface area contributed by atoms with E-state index in [-0.39, 0.29) is 42.2 Å². The van der Waals surface area contributed by atoms with E-state index in [1.165, 1.54) is 42.0 Å². The SMILES string of the molecule is CN=C(NCC(=O)Nc1ccc(F)cc1)NCC(c1cccs1)N1CCCC1.I. The Hall–Kier alpha value is -1.72. The number of nitrogens with one attached hydrogen (secondary N) is 3. The third-order valence-corrected chi connectivity index (χ3v) is 5.66. The summed E-state index contributed by atoms with van der Waals surface area (Å²) in [5.74, 6) is 0.0259. The second-order valence-corrected chi connectivity index (χ2v) is 7.62. The van der Waals surface area contributed by atoms with Gasteiger partial charge in [-0.05, 0) is 61.6 Å². The first-order chi connectivity index (χ1) is 13.7. The Labute approximate surface area is 192 Å². The van der Waals surface area contributed by atoms with Crippen molar-refractivity contribution in [2.75, 3.05) is 38.5 Å². The van der Waals surface area contributed by atoms with Gasteiger partial charge in [-0.2, -0.15) is 0 Å². The summed E-state index contributed by atoms with van der Waals surface area (Å²) < 4.78 is 12.9. The number of rotatable bonds is 7. The van der Waals surface area contributed by atoms with Crippen LogP contribution in [0.3, 0.4) is 0 Å². The molecule has 0 aliphatic carbocycles. The maximum atomic E-state index is 12.9. The fourth-order valence-corrected chi connectivity index (χ4v) is 4.12. The van der Waals surface area contributed by atoms with Crippen molar-refractivity contribution in [3.8, 4) is 0 Å². The van der Waals surface area contributed by atoms with Gasteiger partial charge in [0, 0.05) is 24.2 Å². The molecule has 0 radical (unpaired) electrons. The van der Waals surface area contributed by atoms with E-state index < -0.39 is 0 Å². The number of amides is 1. The molecule has 2 aromatic rings. The zero-order valence-electron chi connectivity index (χ0n) is 16.4. The molecule has 1 aliphatic heterocycles. The van der Waals surface area contributed by atoms with Crippen LogP contribution in [0.4, 0.5) is 10.1 Å². The van der Waals surface area contributed by atoms with Crippen LogP contribution in [0.25, 0.3) is 0 Å². The zero-order chi connectivity index (χ0) is 19.8. The van der Waals surface area contributed by atoms with Crippen LogP contribution in [0.15, 0.2) is 46.8 Å². The van der Waals surface area contributed by atoms with Gasteiger partial charge in [0.2, 0.25) is 5.91 Å². The summed E-state index contributed by atoms with van der Waals surface area (Å²) in [7, 11) is 1.68. The van der Waals surface area contributed by atoms with Gasteiger partial charge < -0.3 is 16.0 Å². The van der Waals surface area contributed by atoms with Crippen LogP contribution in [-0.4, -0.2) is 50.0 Å². The number of hydrogen-bond donors (Lipinski definition) is 3. The molecule has 3 N–H and O–H groups in total. The highest BCUT2D eigenvalue weighted by Crippen LogP contribution is 2.27. The number of halogens is 2. The first-order valence-electron chi connectivity index (χ1n) is 9.43. The van der Waals surface area contributed by atoms with Crippen molar-refractivity contribution in [2.45, 2.75) is 18.9 Å². The number of benzene rings is 1. The number of carbonyl (C=O) groups excluding carboxylic acids is 1. The van der Waals surface area contributed by atoms with Crippen LogP contribution in [0.2, 0.25) is 0 Å². The fraction of sp³-hybridized carbons (Fsp3) is 0.400. The number of carbonyl (C=O) groups is 1. The molecule has 1 atom stereocenters. The molecule has 0 spiro atoms. The minimum atomic E-state index is -0.334. The molecule has 1 amide bonds. The fourth-order valence-electron chi connectivity index (χ4n) is 3.26. The average molecular weight is 531 g/mol. The largest absolute Gasteiger partial charge is 0.354 e. The van der Waals surface area contributed by atoms with E-state index in [4.69, 9.17) is 0 Å². The molecule has 6 nitrogen and oxygen atoms in total. The molecule has 9 heteroatoms. The molecule has 1 aliphatic rings. The molecule has 29 heavy (non-hydrogen) atoms. The Morgan fingerprint density at radius 2 is 1.93 bits per heavy atom. The van der Waals surface area contributed by atoms with Gasteiger partial charge in [-0.1, -0.05) is 6.07 Å². The maximum Gasteiger partial charge on any atom is 0.243 e. The smallest absolute Gasteiger partial charge is 0.243 e. The molecular weight excluding hydrogens is 504 g/mol. The monoisotopic (exact) mass is 531 g/mol. The summed E-state index contributed by atoms with van der Waals surface area (Å²) in [6, 6.07) is 10.2. The maximum absolute atomic E-state index is 12.9. The normalized spacial score (nSPS) is 15.4. The summed E-state index contributed by atoms with van der Waals surface area (Å²) in [6.07, 6.45) is 2.47. The van der Waals surface area contributed by atoms with Crippen LogP contribution in [-0.2, 0) is 4.79 Å². The van der Waals surface area contributed by atoms with Crippen molar-refractivity contribution < 1.29 is 9.18 Å². The molecule has 0 saturated carbocycles. The highest BCUT2D eigenvalue weighted by molar-refractivity contribution is 14.0. The van der Waals surface area contributed by atoms with E-state index in [0.717, 1.165) is 19.6 Å². The van der Waals surface area contributed by atoms with Gasteiger partial charge in [0.15, 0.2) is 5.96 Å². The Balaban J connectivity index is 0.00000300. The number of hydrogen-bond acceptors (Lipinski definition) is 4. The summed E-state index contributed by atoms with van der Waals surface area (Å²) in [5, 5.41) is 11.2.